The van der Waals surface area contributed by atoms with E-state index >= 15 is 0 Å². The van der Waals surface area contributed by atoms with E-state index in [1.165, 1.54) is 6.42 Å². The molecule has 1 aromatic carbocycles. The molecule has 0 radical (unpaired) electrons. The van der Waals surface area contributed by atoms with Crippen LogP contribution in [0.2, 0.25) is 0 Å². The molecule has 2 N–H and O–H groups in total. The Morgan fingerprint density at radius 3 is 2.54 bits per heavy atom. The van der Waals surface area contributed by atoms with Crippen LogP contribution < -0.4 is 10.6 Å². The summed E-state index contributed by atoms with van der Waals surface area (Å²) in [4.78, 5) is 38.7. The molecule has 2 fully saturated rings. The van der Waals surface area contributed by atoms with Gasteiger partial charge in [0.15, 0.2) is 0 Å². The first-order chi connectivity index (χ1) is 12.3. The largest absolute Gasteiger partial charge is 0.352 e. The monoisotopic (exact) mass is 357 g/mol. The van der Waals surface area contributed by atoms with Gasteiger partial charge >= 0.3 is 6.03 Å². The van der Waals surface area contributed by atoms with Crippen molar-refractivity contribution in [2.45, 2.75) is 58.0 Å². The number of hydrogen-bond donors (Lipinski definition) is 2. The summed E-state index contributed by atoms with van der Waals surface area (Å²) in [5, 5.41) is 5.74. The molecular weight excluding hydrogens is 330 g/mol. The summed E-state index contributed by atoms with van der Waals surface area (Å²) in [7, 11) is 0. The zero-order valence-electron chi connectivity index (χ0n) is 15.7. The van der Waals surface area contributed by atoms with Gasteiger partial charge in [-0.05, 0) is 38.2 Å². The lowest BCUT2D eigenvalue weighted by Gasteiger charge is -2.30. The Kier molecular flexibility index (Phi) is 5.03. The maximum atomic E-state index is 12.9. The van der Waals surface area contributed by atoms with Crippen molar-refractivity contribution < 1.29 is 14.4 Å². The van der Waals surface area contributed by atoms with Gasteiger partial charge in [0.1, 0.15) is 12.1 Å². The number of nitrogens with one attached hydrogen (secondary N) is 2. The third-order valence-corrected chi connectivity index (χ3v) is 5.66. The number of rotatable bonds is 4. The minimum Gasteiger partial charge on any atom is -0.352 e. The van der Waals surface area contributed by atoms with E-state index in [-0.39, 0.29) is 18.5 Å². The quantitative estimate of drug-likeness (QED) is 0.813. The number of nitrogens with zero attached hydrogens (tertiary/aromatic N) is 1. The molecule has 3 unspecified atom stereocenters. The van der Waals surface area contributed by atoms with Crippen LogP contribution in [-0.2, 0) is 15.1 Å². The van der Waals surface area contributed by atoms with Crippen LogP contribution in [0.15, 0.2) is 24.3 Å². The van der Waals surface area contributed by atoms with Gasteiger partial charge < -0.3 is 10.6 Å². The van der Waals surface area contributed by atoms with E-state index in [1.807, 2.05) is 31.2 Å². The Morgan fingerprint density at radius 2 is 1.88 bits per heavy atom. The zero-order valence-corrected chi connectivity index (χ0v) is 15.7. The van der Waals surface area contributed by atoms with Gasteiger partial charge in [0.25, 0.3) is 5.91 Å². The van der Waals surface area contributed by atoms with Crippen molar-refractivity contribution in [3.05, 3.63) is 35.4 Å². The van der Waals surface area contributed by atoms with Gasteiger partial charge in [-0.1, -0.05) is 49.6 Å². The summed E-state index contributed by atoms with van der Waals surface area (Å²) in [5.74, 6) is -0.243. The van der Waals surface area contributed by atoms with Crippen molar-refractivity contribution in [1.82, 2.24) is 15.5 Å². The molecule has 6 nitrogen and oxygen atoms in total. The Labute approximate surface area is 154 Å². The van der Waals surface area contributed by atoms with E-state index in [1.54, 1.807) is 6.92 Å². The van der Waals surface area contributed by atoms with Crippen LogP contribution in [-0.4, -0.2) is 35.3 Å². The minimum absolute atomic E-state index is 0.125. The van der Waals surface area contributed by atoms with E-state index in [0.717, 1.165) is 29.7 Å². The highest BCUT2D eigenvalue weighted by molar-refractivity contribution is 6.09. The number of carbonyl (C=O) groups excluding carboxylic acids is 3. The third kappa shape index (κ3) is 3.45. The van der Waals surface area contributed by atoms with Gasteiger partial charge in [0, 0.05) is 6.04 Å². The number of hydrogen-bond acceptors (Lipinski definition) is 3. The summed E-state index contributed by atoms with van der Waals surface area (Å²) in [6, 6.07) is 7.08. The Balaban J connectivity index is 1.68. The van der Waals surface area contributed by atoms with Crippen LogP contribution in [0.5, 0.6) is 0 Å². The second kappa shape index (κ2) is 7.09. The highest BCUT2D eigenvalue weighted by atomic mass is 16.2. The first-order valence-corrected chi connectivity index (χ1v) is 9.32. The molecule has 0 spiro atoms. The fraction of sp³-hybridized carbons (Fsp3) is 0.550. The highest BCUT2D eigenvalue weighted by Crippen LogP contribution is 2.29. The number of aryl methyl sites for hydroxylation is 1. The van der Waals surface area contributed by atoms with Crippen molar-refractivity contribution in [3.8, 4) is 0 Å². The van der Waals surface area contributed by atoms with Gasteiger partial charge in [0.2, 0.25) is 5.91 Å². The smallest absolute Gasteiger partial charge is 0.325 e. The van der Waals surface area contributed by atoms with Gasteiger partial charge in [-0.15, -0.1) is 0 Å². The third-order valence-electron chi connectivity index (χ3n) is 5.66. The topological polar surface area (TPSA) is 78.5 Å². The fourth-order valence-electron chi connectivity index (χ4n) is 3.85. The van der Waals surface area contributed by atoms with Crippen LogP contribution in [0.4, 0.5) is 4.79 Å². The molecule has 1 aliphatic heterocycles. The Bertz CT molecular complexity index is 716. The molecule has 6 heteroatoms. The van der Waals surface area contributed by atoms with Gasteiger partial charge in [-0.3, -0.25) is 14.5 Å². The normalized spacial score (nSPS) is 28.8. The molecule has 26 heavy (non-hydrogen) atoms. The van der Waals surface area contributed by atoms with Gasteiger partial charge in [-0.25, -0.2) is 4.79 Å². The molecule has 3 atom stereocenters. The SMILES string of the molecule is Cc1ccc(C2(C)NC(=O)N(CC(=O)NC3CCCCC3C)C2=O)cc1. The summed E-state index contributed by atoms with van der Waals surface area (Å²) in [6.07, 6.45) is 4.34. The predicted octanol–water partition coefficient (Wildman–Crippen LogP) is 2.46. The molecular formula is C20H27N3O3. The number of amides is 4. The molecule has 0 aromatic heterocycles. The van der Waals surface area contributed by atoms with Crippen LogP contribution in [0.25, 0.3) is 0 Å². The van der Waals surface area contributed by atoms with Crippen LogP contribution in [0.1, 0.15) is 50.7 Å². The van der Waals surface area contributed by atoms with Crippen molar-refractivity contribution in [3.63, 3.8) is 0 Å². The minimum atomic E-state index is -1.14. The van der Waals surface area contributed by atoms with Gasteiger partial charge in [-0.2, -0.15) is 0 Å². The number of carbonyl (C=O) groups is 3. The summed E-state index contributed by atoms with van der Waals surface area (Å²) in [5.41, 5.74) is 0.653. The van der Waals surface area contributed by atoms with E-state index in [4.69, 9.17) is 0 Å². The van der Waals surface area contributed by atoms with E-state index in [9.17, 15) is 14.4 Å². The standard InChI is InChI=1S/C20H27N3O3/c1-13-8-10-15(11-9-13)20(3)18(25)23(19(26)22-20)12-17(24)21-16-7-5-4-6-14(16)2/h8-11,14,16H,4-7,12H2,1-3H3,(H,21,24)(H,22,26). The maximum Gasteiger partial charge on any atom is 0.325 e. The Hall–Kier alpha value is -2.37. The molecule has 3 rings (SSSR count). The summed E-state index contributed by atoms with van der Waals surface area (Å²) < 4.78 is 0. The second-order valence-corrected chi connectivity index (χ2v) is 7.75. The van der Waals surface area contributed by atoms with Crippen LogP contribution in [0, 0.1) is 12.8 Å². The first-order valence-electron chi connectivity index (χ1n) is 9.32. The van der Waals surface area contributed by atoms with Gasteiger partial charge in [0.05, 0.1) is 0 Å². The average molecular weight is 357 g/mol. The molecule has 1 aliphatic carbocycles. The van der Waals surface area contributed by atoms with Crippen molar-refractivity contribution in [1.29, 1.82) is 0 Å². The summed E-state index contributed by atoms with van der Waals surface area (Å²) >= 11 is 0. The molecule has 140 valence electrons. The van der Waals surface area contributed by atoms with Crippen molar-refractivity contribution >= 4 is 17.8 Å². The van der Waals surface area contributed by atoms with E-state index < -0.39 is 17.5 Å². The average Bonchev–Trinajstić information content (AvgIpc) is 2.82. The lowest BCUT2D eigenvalue weighted by molar-refractivity contribution is -0.135. The highest BCUT2D eigenvalue weighted by Gasteiger charge is 2.49. The van der Waals surface area contributed by atoms with E-state index in [0.29, 0.717) is 11.5 Å². The maximum absolute atomic E-state index is 12.9. The first kappa shape index (κ1) is 18.4. The second-order valence-electron chi connectivity index (χ2n) is 7.75. The molecule has 0 bridgehead atoms. The lowest BCUT2D eigenvalue weighted by Crippen LogP contribution is -2.47. The number of urea groups is 1. The lowest BCUT2D eigenvalue weighted by atomic mass is 9.86. The molecule has 1 heterocycles. The molecule has 2 aliphatic rings. The molecule has 1 aromatic rings. The number of benzene rings is 1. The van der Waals surface area contributed by atoms with Crippen molar-refractivity contribution in [2.24, 2.45) is 5.92 Å². The van der Waals surface area contributed by atoms with Crippen LogP contribution >= 0.6 is 0 Å². The molecule has 4 amide bonds. The van der Waals surface area contributed by atoms with Crippen LogP contribution in [0.3, 0.4) is 0 Å². The molecule has 1 saturated heterocycles. The van der Waals surface area contributed by atoms with Crippen molar-refractivity contribution in [2.75, 3.05) is 6.54 Å². The molecule has 1 saturated carbocycles. The number of imide groups is 1. The van der Waals surface area contributed by atoms with E-state index in [2.05, 4.69) is 17.6 Å². The predicted molar refractivity (Wildman–Crippen MR) is 98.3 cm³/mol. The summed E-state index contributed by atoms with van der Waals surface area (Å²) in [6.45, 7) is 5.53. The Morgan fingerprint density at radius 1 is 1.23 bits per heavy atom. The zero-order chi connectivity index (χ0) is 18.9. The fourth-order valence-corrected chi connectivity index (χ4v) is 3.85.